The van der Waals surface area contributed by atoms with Gasteiger partial charge in [0.25, 0.3) is 5.91 Å². The number of benzene rings is 1. The molecule has 1 aromatic carbocycles. The molecule has 104 valence electrons. The van der Waals surface area contributed by atoms with Gasteiger partial charge in [-0.25, -0.2) is 0 Å². The topological polar surface area (TPSA) is 55.4 Å². The molecule has 19 heavy (non-hydrogen) atoms. The first-order chi connectivity index (χ1) is 8.93. The number of aldehydes is 1. The summed E-state index contributed by atoms with van der Waals surface area (Å²) in [5, 5.41) is 3.27. The Balaban J connectivity index is 2.57. The lowest BCUT2D eigenvalue weighted by atomic mass is 10.1. The fraction of sp³-hybridized carbons (Fsp3) is 0.429. The molecule has 1 unspecified atom stereocenters. The lowest BCUT2D eigenvalue weighted by Crippen LogP contribution is -2.39. The van der Waals surface area contributed by atoms with Crippen molar-refractivity contribution in [3.8, 4) is 5.75 Å². The second-order valence-corrected chi connectivity index (χ2v) is 5.13. The van der Waals surface area contributed by atoms with Crippen LogP contribution in [0.1, 0.15) is 31.1 Å². The maximum Gasteiger partial charge on any atom is 0.258 e. The number of carbonyl (C=O) groups excluding carboxylic acids is 2. The molecule has 1 rings (SSSR count). The molecule has 5 heteroatoms. The zero-order chi connectivity index (χ0) is 14.4. The number of halogens is 1. The van der Waals surface area contributed by atoms with Crippen molar-refractivity contribution >= 4 is 23.8 Å². The SMILES string of the molecule is CC(C)C(C)NC(=O)COc1ccc(Cl)cc1C=O. The van der Waals surface area contributed by atoms with Gasteiger partial charge in [-0.3, -0.25) is 9.59 Å². The van der Waals surface area contributed by atoms with Gasteiger partial charge in [-0.05, 0) is 31.0 Å². The van der Waals surface area contributed by atoms with Gasteiger partial charge in [-0.2, -0.15) is 0 Å². The van der Waals surface area contributed by atoms with Crippen molar-refractivity contribution in [2.24, 2.45) is 5.92 Å². The van der Waals surface area contributed by atoms with Gasteiger partial charge in [-0.1, -0.05) is 25.4 Å². The van der Waals surface area contributed by atoms with Gasteiger partial charge in [0.1, 0.15) is 5.75 Å². The van der Waals surface area contributed by atoms with Crippen molar-refractivity contribution in [1.29, 1.82) is 0 Å². The first kappa shape index (κ1) is 15.5. The minimum Gasteiger partial charge on any atom is -0.483 e. The standard InChI is InChI=1S/C14H18ClNO3/c1-9(2)10(3)16-14(18)8-19-13-5-4-12(15)6-11(13)7-17/h4-7,9-10H,8H2,1-3H3,(H,16,18). The van der Waals surface area contributed by atoms with Crippen molar-refractivity contribution in [3.63, 3.8) is 0 Å². The van der Waals surface area contributed by atoms with E-state index in [0.717, 1.165) is 0 Å². The molecule has 0 radical (unpaired) electrons. The van der Waals surface area contributed by atoms with Crippen LogP contribution >= 0.6 is 11.6 Å². The zero-order valence-corrected chi connectivity index (χ0v) is 12.0. The number of carbonyl (C=O) groups is 2. The average molecular weight is 284 g/mol. The van der Waals surface area contributed by atoms with E-state index in [1.54, 1.807) is 12.1 Å². The highest BCUT2D eigenvalue weighted by Gasteiger charge is 2.12. The molecule has 0 fully saturated rings. The summed E-state index contributed by atoms with van der Waals surface area (Å²) < 4.78 is 5.32. The van der Waals surface area contributed by atoms with Crippen LogP contribution < -0.4 is 10.1 Å². The lowest BCUT2D eigenvalue weighted by molar-refractivity contribution is -0.124. The molecular weight excluding hydrogens is 266 g/mol. The molecule has 0 heterocycles. The summed E-state index contributed by atoms with van der Waals surface area (Å²) in [5.74, 6) is 0.491. The molecule has 0 bridgehead atoms. The summed E-state index contributed by atoms with van der Waals surface area (Å²) in [7, 11) is 0. The van der Waals surface area contributed by atoms with Gasteiger partial charge in [0.05, 0.1) is 5.56 Å². The summed E-state index contributed by atoms with van der Waals surface area (Å²) in [4.78, 5) is 22.5. The molecule has 0 aliphatic rings. The number of rotatable bonds is 6. The summed E-state index contributed by atoms with van der Waals surface area (Å²) in [6.07, 6.45) is 0.649. The minimum atomic E-state index is -0.215. The smallest absolute Gasteiger partial charge is 0.258 e. The van der Waals surface area contributed by atoms with E-state index in [1.165, 1.54) is 6.07 Å². The van der Waals surface area contributed by atoms with E-state index >= 15 is 0 Å². The maximum absolute atomic E-state index is 11.6. The summed E-state index contributed by atoms with van der Waals surface area (Å²) in [6, 6.07) is 4.76. The Morgan fingerprint density at radius 1 is 1.42 bits per heavy atom. The summed E-state index contributed by atoms with van der Waals surface area (Å²) in [6.45, 7) is 5.85. The third kappa shape index (κ3) is 4.91. The van der Waals surface area contributed by atoms with Crippen LogP contribution in [0.3, 0.4) is 0 Å². The van der Waals surface area contributed by atoms with Crippen LogP contribution in [0.25, 0.3) is 0 Å². The molecule has 1 aromatic rings. The van der Waals surface area contributed by atoms with E-state index in [1.807, 2.05) is 20.8 Å². The van der Waals surface area contributed by atoms with Crippen molar-refractivity contribution in [3.05, 3.63) is 28.8 Å². The van der Waals surface area contributed by atoms with Crippen LogP contribution in [0.15, 0.2) is 18.2 Å². The molecule has 4 nitrogen and oxygen atoms in total. The third-order valence-electron chi connectivity index (χ3n) is 2.85. The quantitative estimate of drug-likeness (QED) is 0.817. The Hall–Kier alpha value is -1.55. The van der Waals surface area contributed by atoms with E-state index in [4.69, 9.17) is 16.3 Å². The second kappa shape index (κ2) is 7.14. The molecule has 0 aliphatic carbocycles. The molecule has 0 spiro atoms. The molecule has 1 amide bonds. The highest BCUT2D eigenvalue weighted by molar-refractivity contribution is 6.30. The Morgan fingerprint density at radius 3 is 2.68 bits per heavy atom. The number of nitrogens with one attached hydrogen (secondary N) is 1. The predicted molar refractivity (Wildman–Crippen MR) is 74.8 cm³/mol. The molecule has 0 aromatic heterocycles. The van der Waals surface area contributed by atoms with Crippen LogP contribution in [0.5, 0.6) is 5.75 Å². The van der Waals surface area contributed by atoms with Crippen molar-refractivity contribution in [2.45, 2.75) is 26.8 Å². The van der Waals surface area contributed by atoms with Gasteiger partial charge in [0, 0.05) is 11.1 Å². The fourth-order valence-electron chi connectivity index (χ4n) is 1.35. The molecule has 0 saturated carbocycles. The van der Waals surface area contributed by atoms with E-state index in [9.17, 15) is 9.59 Å². The largest absolute Gasteiger partial charge is 0.483 e. The maximum atomic E-state index is 11.6. The van der Waals surface area contributed by atoms with Crippen LogP contribution in [0.4, 0.5) is 0 Å². The van der Waals surface area contributed by atoms with Crippen LogP contribution in [0.2, 0.25) is 5.02 Å². The Bertz CT molecular complexity index is 460. The van der Waals surface area contributed by atoms with Gasteiger partial charge >= 0.3 is 0 Å². The summed E-state index contributed by atoms with van der Waals surface area (Å²) in [5.41, 5.74) is 0.331. The third-order valence-corrected chi connectivity index (χ3v) is 3.08. The Labute approximate surface area is 118 Å². The first-order valence-corrected chi connectivity index (χ1v) is 6.48. The van der Waals surface area contributed by atoms with E-state index in [-0.39, 0.29) is 18.6 Å². The highest BCUT2D eigenvalue weighted by atomic mass is 35.5. The Morgan fingerprint density at radius 2 is 2.11 bits per heavy atom. The molecule has 0 aliphatic heterocycles. The number of amides is 1. The van der Waals surface area contributed by atoms with E-state index in [2.05, 4.69) is 5.32 Å². The van der Waals surface area contributed by atoms with Crippen molar-refractivity contribution in [2.75, 3.05) is 6.61 Å². The van der Waals surface area contributed by atoms with Crippen LogP contribution in [-0.2, 0) is 4.79 Å². The second-order valence-electron chi connectivity index (χ2n) is 4.69. The fourth-order valence-corrected chi connectivity index (χ4v) is 1.53. The lowest BCUT2D eigenvalue weighted by Gasteiger charge is -2.17. The Kier molecular flexibility index (Phi) is 5.83. The molecule has 1 atom stereocenters. The van der Waals surface area contributed by atoms with E-state index in [0.29, 0.717) is 28.5 Å². The van der Waals surface area contributed by atoms with Gasteiger partial charge in [0.2, 0.25) is 0 Å². The molecule has 0 saturated heterocycles. The normalized spacial score (nSPS) is 12.1. The monoisotopic (exact) mass is 283 g/mol. The number of ether oxygens (including phenoxy) is 1. The highest BCUT2D eigenvalue weighted by Crippen LogP contribution is 2.21. The zero-order valence-electron chi connectivity index (χ0n) is 11.3. The van der Waals surface area contributed by atoms with Gasteiger partial charge < -0.3 is 10.1 Å². The number of hydrogen-bond acceptors (Lipinski definition) is 3. The molecule has 1 N–H and O–H groups in total. The predicted octanol–water partition coefficient (Wildman–Crippen LogP) is 2.69. The summed E-state index contributed by atoms with van der Waals surface area (Å²) >= 11 is 5.77. The van der Waals surface area contributed by atoms with E-state index < -0.39 is 0 Å². The van der Waals surface area contributed by atoms with Gasteiger partial charge in [0.15, 0.2) is 12.9 Å². The first-order valence-electron chi connectivity index (χ1n) is 6.11. The average Bonchev–Trinajstić information content (AvgIpc) is 2.36. The number of hydrogen-bond donors (Lipinski definition) is 1. The molecular formula is C14H18ClNO3. The van der Waals surface area contributed by atoms with Crippen LogP contribution in [-0.4, -0.2) is 24.8 Å². The van der Waals surface area contributed by atoms with Crippen LogP contribution in [0, 0.1) is 5.92 Å². The van der Waals surface area contributed by atoms with Crippen molar-refractivity contribution < 1.29 is 14.3 Å². The minimum absolute atomic E-state index is 0.0758. The van der Waals surface area contributed by atoms with Gasteiger partial charge in [-0.15, -0.1) is 0 Å². The van der Waals surface area contributed by atoms with Crippen molar-refractivity contribution in [1.82, 2.24) is 5.32 Å².